The van der Waals surface area contributed by atoms with Gasteiger partial charge < -0.3 is 19.1 Å². The van der Waals surface area contributed by atoms with E-state index >= 15 is 0 Å². The van der Waals surface area contributed by atoms with Crippen LogP contribution in [0.4, 0.5) is 5.82 Å². The molecule has 0 radical (unpaired) electrons. The van der Waals surface area contributed by atoms with Gasteiger partial charge in [-0.05, 0) is 6.92 Å². The van der Waals surface area contributed by atoms with E-state index in [2.05, 4.69) is 29.5 Å². The molecule has 1 atom stereocenters. The van der Waals surface area contributed by atoms with Gasteiger partial charge in [0, 0.05) is 38.6 Å². The fourth-order valence-corrected chi connectivity index (χ4v) is 3.24. The predicted octanol–water partition coefficient (Wildman–Crippen LogP) is 0.295. The first kappa shape index (κ1) is 17.4. The largest absolute Gasteiger partial charge is 0.369 e. The second-order valence-corrected chi connectivity index (χ2v) is 6.86. The zero-order valence-electron chi connectivity index (χ0n) is 15.6. The van der Waals surface area contributed by atoms with E-state index in [1.165, 1.54) is 11.2 Å². The number of fused-ring (bicyclic) bond motifs is 2. The van der Waals surface area contributed by atoms with Gasteiger partial charge in [-0.15, -0.1) is 0 Å². The first-order valence-corrected chi connectivity index (χ1v) is 8.74. The van der Waals surface area contributed by atoms with Gasteiger partial charge in [0.15, 0.2) is 0 Å². The van der Waals surface area contributed by atoms with Crippen molar-refractivity contribution in [1.29, 1.82) is 0 Å². The molecule has 0 aliphatic carbocycles. The van der Waals surface area contributed by atoms with E-state index in [-0.39, 0.29) is 18.6 Å². The highest BCUT2D eigenvalue weighted by molar-refractivity contribution is 5.76. The van der Waals surface area contributed by atoms with E-state index in [0.29, 0.717) is 25.5 Å². The third-order valence-electron chi connectivity index (χ3n) is 4.64. The molecular formula is C17H22N8O2. The maximum absolute atomic E-state index is 11.8. The summed E-state index contributed by atoms with van der Waals surface area (Å²) in [6, 6.07) is 2.04. The molecule has 3 aromatic heterocycles. The van der Waals surface area contributed by atoms with Crippen LogP contribution in [0.2, 0.25) is 0 Å². The minimum atomic E-state index is -0.0531. The second-order valence-electron chi connectivity index (χ2n) is 6.86. The number of anilines is 1. The summed E-state index contributed by atoms with van der Waals surface area (Å²) in [5.41, 5.74) is 1.96. The minimum Gasteiger partial charge on any atom is -0.369 e. The van der Waals surface area contributed by atoms with Gasteiger partial charge >= 0.3 is 0 Å². The van der Waals surface area contributed by atoms with Crippen LogP contribution in [0.5, 0.6) is 0 Å². The van der Waals surface area contributed by atoms with Gasteiger partial charge in [0.2, 0.25) is 5.91 Å². The molecule has 142 valence electrons. The Hall–Kier alpha value is -3.01. The average Bonchev–Trinajstić information content (AvgIpc) is 3.29. The molecule has 0 saturated carbocycles. The summed E-state index contributed by atoms with van der Waals surface area (Å²) in [5.74, 6) is 1.45. The number of amides is 1. The normalized spacial score (nSPS) is 16.6. The number of aryl methyl sites for hydroxylation is 1. The maximum atomic E-state index is 11.8. The number of aromatic nitrogens is 6. The Labute approximate surface area is 156 Å². The molecule has 4 heterocycles. The summed E-state index contributed by atoms with van der Waals surface area (Å²) in [4.78, 5) is 28.4. The van der Waals surface area contributed by atoms with Gasteiger partial charge in [-0.1, -0.05) is 0 Å². The van der Waals surface area contributed by atoms with E-state index in [1.807, 2.05) is 25.5 Å². The van der Waals surface area contributed by atoms with Crippen molar-refractivity contribution in [2.75, 3.05) is 38.8 Å². The first-order valence-electron chi connectivity index (χ1n) is 8.74. The minimum absolute atomic E-state index is 0.0401. The Kier molecular flexibility index (Phi) is 4.48. The summed E-state index contributed by atoms with van der Waals surface area (Å²) in [6.07, 6.45) is 5.18. The molecule has 1 unspecified atom stereocenters. The lowest BCUT2D eigenvalue weighted by Crippen LogP contribution is -2.40. The lowest BCUT2D eigenvalue weighted by molar-refractivity contribution is -0.133. The van der Waals surface area contributed by atoms with Crippen LogP contribution in [-0.2, 0) is 16.1 Å². The standard InChI is InChI=1S/C17H22N8O2/c1-12-4-15(25-17(21-12)19-10-20-25)23-6-13-5-18-11-24(13)14(7-23)8-27-9-16(26)22(2)3/h4-5,10-11,14H,6-9H2,1-3H3. The lowest BCUT2D eigenvalue weighted by atomic mass is 10.2. The van der Waals surface area contributed by atoms with Crippen LogP contribution in [0.3, 0.4) is 0 Å². The fourth-order valence-electron chi connectivity index (χ4n) is 3.24. The Bertz CT molecular complexity index is 963. The molecule has 0 spiro atoms. The van der Waals surface area contributed by atoms with Crippen LogP contribution in [-0.4, -0.2) is 73.8 Å². The van der Waals surface area contributed by atoms with Crippen molar-refractivity contribution < 1.29 is 9.53 Å². The Morgan fingerprint density at radius 2 is 2.26 bits per heavy atom. The quantitative estimate of drug-likeness (QED) is 0.637. The molecule has 10 nitrogen and oxygen atoms in total. The number of carbonyl (C=O) groups is 1. The summed E-state index contributed by atoms with van der Waals surface area (Å²) in [6.45, 7) is 3.84. The number of rotatable bonds is 5. The Morgan fingerprint density at radius 1 is 1.41 bits per heavy atom. The summed E-state index contributed by atoms with van der Waals surface area (Å²) >= 11 is 0. The summed E-state index contributed by atoms with van der Waals surface area (Å²) < 4.78 is 9.55. The van der Waals surface area contributed by atoms with Crippen LogP contribution in [0, 0.1) is 6.92 Å². The monoisotopic (exact) mass is 370 g/mol. The molecular weight excluding hydrogens is 348 g/mol. The Balaban J connectivity index is 1.57. The highest BCUT2D eigenvalue weighted by atomic mass is 16.5. The molecule has 0 N–H and O–H groups in total. The zero-order valence-corrected chi connectivity index (χ0v) is 15.6. The van der Waals surface area contributed by atoms with Gasteiger partial charge in [0.25, 0.3) is 5.78 Å². The topological polar surface area (TPSA) is 93.7 Å². The first-order chi connectivity index (χ1) is 13.0. The van der Waals surface area contributed by atoms with E-state index in [9.17, 15) is 4.79 Å². The molecule has 1 amide bonds. The third kappa shape index (κ3) is 3.35. The van der Waals surface area contributed by atoms with Gasteiger partial charge in [-0.25, -0.2) is 9.97 Å². The van der Waals surface area contributed by atoms with Gasteiger partial charge in [0.1, 0.15) is 18.8 Å². The Morgan fingerprint density at radius 3 is 3.07 bits per heavy atom. The number of imidazole rings is 1. The van der Waals surface area contributed by atoms with E-state index in [0.717, 1.165) is 17.2 Å². The molecule has 4 rings (SSSR count). The molecule has 1 aliphatic rings. The zero-order chi connectivity index (χ0) is 19.0. The number of hydrogen-bond donors (Lipinski definition) is 0. The SMILES string of the molecule is Cc1cc(N2Cc3cncn3C(COCC(=O)N(C)C)C2)n2ncnc2n1. The van der Waals surface area contributed by atoms with Crippen molar-refractivity contribution >= 4 is 17.5 Å². The number of ether oxygens (including phenoxy) is 1. The van der Waals surface area contributed by atoms with Crippen LogP contribution in [0.15, 0.2) is 24.9 Å². The lowest BCUT2D eigenvalue weighted by Gasteiger charge is -2.35. The number of nitrogens with zero attached hydrogens (tertiary/aromatic N) is 8. The highest BCUT2D eigenvalue weighted by Gasteiger charge is 2.27. The molecule has 0 aromatic carbocycles. The summed E-state index contributed by atoms with van der Waals surface area (Å²) in [7, 11) is 3.44. The number of hydrogen-bond acceptors (Lipinski definition) is 7. The van der Waals surface area contributed by atoms with Crippen molar-refractivity contribution in [3.05, 3.63) is 36.3 Å². The van der Waals surface area contributed by atoms with Crippen molar-refractivity contribution in [1.82, 2.24) is 34.0 Å². The average molecular weight is 370 g/mol. The summed E-state index contributed by atoms with van der Waals surface area (Å²) in [5, 5.41) is 4.31. The van der Waals surface area contributed by atoms with Crippen LogP contribution >= 0.6 is 0 Å². The van der Waals surface area contributed by atoms with Crippen molar-refractivity contribution in [2.24, 2.45) is 0 Å². The molecule has 1 aliphatic heterocycles. The molecule has 0 saturated heterocycles. The molecule has 0 bridgehead atoms. The number of likely N-dealkylation sites (N-methyl/N-ethyl adjacent to an activating group) is 1. The maximum Gasteiger partial charge on any atom is 0.254 e. The van der Waals surface area contributed by atoms with Gasteiger partial charge in [-0.2, -0.15) is 14.6 Å². The predicted molar refractivity (Wildman–Crippen MR) is 97.3 cm³/mol. The van der Waals surface area contributed by atoms with Crippen molar-refractivity contribution in [3.8, 4) is 0 Å². The van der Waals surface area contributed by atoms with Gasteiger partial charge in [-0.3, -0.25) is 4.79 Å². The van der Waals surface area contributed by atoms with Gasteiger partial charge in [0.05, 0.1) is 31.2 Å². The van der Waals surface area contributed by atoms with Crippen molar-refractivity contribution in [3.63, 3.8) is 0 Å². The van der Waals surface area contributed by atoms with Crippen LogP contribution in [0.1, 0.15) is 17.4 Å². The van der Waals surface area contributed by atoms with E-state index < -0.39 is 0 Å². The van der Waals surface area contributed by atoms with E-state index in [4.69, 9.17) is 4.74 Å². The fraction of sp³-hybridized carbons (Fsp3) is 0.471. The number of carbonyl (C=O) groups excluding carboxylic acids is 1. The molecule has 27 heavy (non-hydrogen) atoms. The van der Waals surface area contributed by atoms with Crippen LogP contribution < -0.4 is 4.90 Å². The highest BCUT2D eigenvalue weighted by Crippen LogP contribution is 2.26. The molecule has 0 fully saturated rings. The third-order valence-corrected chi connectivity index (χ3v) is 4.64. The van der Waals surface area contributed by atoms with Crippen molar-refractivity contribution in [2.45, 2.75) is 19.5 Å². The molecule has 10 heteroatoms. The smallest absolute Gasteiger partial charge is 0.254 e. The van der Waals surface area contributed by atoms with E-state index in [1.54, 1.807) is 18.6 Å². The second kappa shape index (κ2) is 6.95. The molecule has 3 aromatic rings. The van der Waals surface area contributed by atoms with Crippen LogP contribution in [0.25, 0.3) is 5.78 Å².